The molecule has 0 saturated heterocycles. The van der Waals surface area contributed by atoms with Crippen LogP contribution in [0.5, 0.6) is 0 Å². The minimum atomic E-state index is -0.565. The van der Waals surface area contributed by atoms with Crippen molar-refractivity contribution in [1.29, 1.82) is 0 Å². The number of carbonyl (C=O) groups excluding carboxylic acids is 1. The normalized spacial score (nSPS) is 17.6. The van der Waals surface area contributed by atoms with Crippen LogP contribution < -0.4 is 0 Å². The molecule has 0 fully saturated rings. The van der Waals surface area contributed by atoms with E-state index in [2.05, 4.69) is 4.98 Å². The Morgan fingerprint density at radius 3 is 2.82 bits per heavy atom. The SMILES string of the molecule is O=C1c2cccnc2S(=Nc2ccc(Cl)cc2)CN1CCO. The van der Waals surface area contributed by atoms with E-state index in [4.69, 9.17) is 21.1 Å². The van der Waals surface area contributed by atoms with Gasteiger partial charge in [-0.15, -0.1) is 0 Å². The van der Waals surface area contributed by atoms with Crippen LogP contribution in [-0.2, 0) is 10.7 Å². The van der Waals surface area contributed by atoms with Crippen molar-refractivity contribution >= 4 is 33.9 Å². The second kappa shape index (κ2) is 6.56. The molecule has 7 heteroatoms. The van der Waals surface area contributed by atoms with Gasteiger partial charge < -0.3 is 10.0 Å². The maximum Gasteiger partial charge on any atom is 0.257 e. The number of pyridine rings is 1. The van der Waals surface area contributed by atoms with E-state index >= 15 is 0 Å². The van der Waals surface area contributed by atoms with E-state index in [1.165, 1.54) is 0 Å². The molecule has 2 aromatic rings. The van der Waals surface area contributed by atoms with E-state index < -0.39 is 10.7 Å². The van der Waals surface area contributed by atoms with Crippen molar-refractivity contribution in [2.45, 2.75) is 5.03 Å². The van der Waals surface area contributed by atoms with Gasteiger partial charge in [0.15, 0.2) is 0 Å². The van der Waals surface area contributed by atoms with E-state index in [9.17, 15) is 4.79 Å². The van der Waals surface area contributed by atoms with Crippen LogP contribution in [0.15, 0.2) is 52.0 Å². The van der Waals surface area contributed by atoms with Gasteiger partial charge in [-0.25, -0.2) is 9.35 Å². The van der Waals surface area contributed by atoms with Crippen molar-refractivity contribution < 1.29 is 9.90 Å². The summed E-state index contributed by atoms with van der Waals surface area (Å²) in [5.41, 5.74) is 1.35. The molecule has 1 N–H and O–H groups in total. The molecule has 0 radical (unpaired) electrons. The number of hydrogen-bond donors (Lipinski definition) is 1. The van der Waals surface area contributed by atoms with Crippen molar-refractivity contribution in [3.05, 3.63) is 53.2 Å². The Bertz CT molecular complexity index is 734. The summed E-state index contributed by atoms with van der Waals surface area (Å²) in [7, 11) is -0.565. The van der Waals surface area contributed by atoms with Gasteiger partial charge >= 0.3 is 0 Å². The highest BCUT2D eigenvalue weighted by atomic mass is 35.5. The van der Waals surface area contributed by atoms with E-state index in [1.807, 2.05) is 12.1 Å². The number of hydrogen-bond acceptors (Lipinski definition) is 4. The largest absolute Gasteiger partial charge is 0.395 e. The van der Waals surface area contributed by atoms with E-state index in [0.29, 0.717) is 28.0 Å². The Kier molecular flexibility index (Phi) is 4.52. The molecule has 114 valence electrons. The van der Waals surface area contributed by atoms with Gasteiger partial charge in [-0.05, 0) is 47.1 Å². The Labute approximate surface area is 135 Å². The number of β-amino-alcohol motifs (C(OH)–C–C–N with tert-alkyl or cyclic N) is 1. The third-order valence-electron chi connectivity index (χ3n) is 3.20. The second-order valence-corrected chi connectivity index (χ2v) is 6.70. The van der Waals surface area contributed by atoms with Crippen LogP contribution >= 0.6 is 11.6 Å². The lowest BCUT2D eigenvalue weighted by Crippen LogP contribution is -2.40. The molecule has 1 aromatic heterocycles. The summed E-state index contributed by atoms with van der Waals surface area (Å²) < 4.78 is 4.70. The molecule has 0 bridgehead atoms. The molecule has 0 spiro atoms. The summed E-state index contributed by atoms with van der Waals surface area (Å²) in [6.07, 6.45) is 1.67. The molecule has 1 aliphatic rings. The molecular weight excluding hydrogens is 322 g/mol. The Morgan fingerprint density at radius 1 is 1.32 bits per heavy atom. The monoisotopic (exact) mass is 335 g/mol. The van der Waals surface area contributed by atoms with E-state index in [1.54, 1.807) is 35.4 Å². The van der Waals surface area contributed by atoms with Gasteiger partial charge in [-0.1, -0.05) is 11.6 Å². The van der Waals surface area contributed by atoms with Gasteiger partial charge in [-0.2, -0.15) is 0 Å². The van der Waals surface area contributed by atoms with Crippen LogP contribution in [0.2, 0.25) is 5.02 Å². The summed E-state index contributed by atoms with van der Waals surface area (Å²) in [6.45, 7) is 0.228. The van der Waals surface area contributed by atoms with Crippen LogP contribution in [0.1, 0.15) is 10.4 Å². The van der Waals surface area contributed by atoms with Gasteiger partial charge in [0.1, 0.15) is 5.03 Å². The molecule has 1 amide bonds. The van der Waals surface area contributed by atoms with E-state index in [0.717, 1.165) is 5.69 Å². The van der Waals surface area contributed by atoms with E-state index in [-0.39, 0.29) is 12.5 Å². The Hall–Kier alpha value is -1.76. The molecular formula is C15H14ClN3O2S. The van der Waals surface area contributed by atoms with Gasteiger partial charge in [0, 0.05) is 17.8 Å². The number of aliphatic hydroxyl groups is 1. The number of aromatic nitrogens is 1. The predicted molar refractivity (Wildman–Crippen MR) is 86.4 cm³/mol. The molecule has 1 aliphatic heterocycles. The van der Waals surface area contributed by atoms with Crippen molar-refractivity contribution in [2.24, 2.45) is 4.36 Å². The first-order valence-corrected chi connectivity index (χ1v) is 8.45. The summed E-state index contributed by atoms with van der Waals surface area (Å²) in [4.78, 5) is 18.3. The number of nitrogens with zero attached hydrogens (tertiary/aromatic N) is 3. The van der Waals surface area contributed by atoms with Crippen LogP contribution in [0.3, 0.4) is 0 Å². The Morgan fingerprint density at radius 2 is 2.09 bits per heavy atom. The number of amides is 1. The minimum Gasteiger partial charge on any atom is -0.395 e. The highest BCUT2D eigenvalue weighted by Gasteiger charge is 2.28. The Balaban J connectivity index is 2.04. The molecule has 1 atom stereocenters. The van der Waals surface area contributed by atoms with Crippen molar-refractivity contribution in [2.75, 3.05) is 19.0 Å². The predicted octanol–water partition coefficient (Wildman–Crippen LogP) is 2.63. The number of fused-ring (bicyclic) bond motifs is 1. The number of halogens is 1. The highest BCUT2D eigenvalue weighted by Crippen LogP contribution is 2.25. The van der Waals surface area contributed by atoms with Crippen LogP contribution in [-0.4, -0.2) is 39.9 Å². The second-order valence-electron chi connectivity index (χ2n) is 4.71. The molecule has 2 heterocycles. The summed E-state index contributed by atoms with van der Waals surface area (Å²) in [5, 5.41) is 10.5. The maximum atomic E-state index is 12.4. The molecule has 1 unspecified atom stereocenters. The zero-order valence-electron chi connectivity index (χ0n) is 11.6. The summed E-state index contributed by atoms with van der Waals surface area (Å²) >= 11 is 5.89. The topological polar surface area (TPSA) is 65.8 Å². The average Bonchev–Trinajstić information content (AvgIpc) is 2.54. The standard InChI is InChI=1S/C15H14ClN3O2S/c16-11-3-5-12(6-4-11)18-22-10-19(8-9-20)15(21)13-2-1-7-17-14(13)22/h1-7,20H,8-10H2. The lowest BCUT2D eigenvalue weighted by Gasteiger charge is -2.28. The molecule has 5 nitrogen and oxygen atoms in total. The molecule has 1 aromatic carbocycles. The molecule has 0 saturated carbocycles. The summed E-state index contributed by atoms with van der Waals surface area (Å²) in [5.74, 6) is 0.332. The molecule has 3 rings (SSSR count). The van der Waals surface area contributed by atoms with Crippen molar-refractivity contribution in [3.63, 3.8) is 0 Å². The van der Waals surface area contributed by atoms with Gasteiger partial charge in [0.05, 0.1) is 23.7 Å². The minimum absolute atomic E-state index is 0.0700. The number of benzene rings is 1. The third-order valence-corrected chi connectivity index (χ3v) is 5.21. The fraction of sp³-hybridized carbons (Fsp3) is 0.200. The zero-order valence-corrected chi connectivity index (χ0v) is 13.2. The van der Waals surface area contributed by atoms with Crippen LogP contribution in [0, 0.1) is 0 Å². The molecule has 22 heavy (non-hydrogen) atoms. The van der Waals surface area contributed by atoms with Crippen LogP contribution in [0.25, 0.3) is 0 Å². The van der Waals surface area contributed by atoms with Gasteiger partial charge in [0.2, 0.25) is 0 Å². The van der Waals surface area contributed by atoms with Crippen molar-refractivity contribution in [1.82, 2.24) is 9.88 Å². The fourth-order valence-electron chi connectivity index (χ4n) is 2.17. The first-order chi connectivity index (χ1) is 10.7. The lowest BCUT2D eigenvalue weighted by molar-refractivity contribution is 0.0745. The maximum absolute atomic E-state index is 12.4. The first kappa shape index (κ1) is 15.1. The van der Waals surface area contributed by atoms with Gasteiger partial charge in [-0.3, -0.25) is 4.79 Å². The third kappa shape index (κ3) is 3.04. The fourth-order valence-corrected chi connectivity index (χ4v) is 4.07. The molecule has 0 aliphatic carbocycles. The quantitative estimate of drug-likeness (QED) is 0.937. The highest BCUT2D eigenvalue weighted by molar-refractivity contribution is 7.87. The first-order valence-electron chi connectivity index (χ1n) is 6.72. The number of carbonyl (C=O) groups is 1. The average molecular weight is 336 g/mol. The number of aliphatic hydroxyl groups excluding tert-OH is 1. The number of rotatable bonds is 3. The summed E-state index contributed by atoms with van der Waals surface area (Å²) in [6, 6.07) is 10.7. The van der Waals surface area contributed by atoms with Crippen LogP contribution in [0.4, 0.5) is 5.69 Å². The smallest absolute Gasteiger partial charge is 0.257 e. The zero-order chi connectivity index (χ0) is 15.5. The van der Waals surface area contributed by atoms with Gasteiger partial charge in [0.25, 0.3) is 5.91 Å². The van der Waals surface area contributed by atoms with Crippen molar-refractivity contribution in [3.8, 4) is 0 Å². The lowest BCUT2D eigenvalue weighted by atomic mass is 10.2.